The van der Waals surface area contributed by atoms with Crippen LogP contribution >= 0.6 is 0 Å². The Bertz CT molecular complexity index is 420. The molecule has 0 saturated heterocycles. The monoisotopic (exact) mass is 253 g/mol. The molecule has 4 N–H and O–H groups in total. The molecule has 1 atom stereocenters. The van der Waals surface area contributed by atoms with Crippen molar-refractivity contribution in [2.75, 3.05) is 13.1 Å². The van der Waals surface area contributed by atoms with Gasteiger partial charge in [-0.05, 0) is 24.6 Å². The lowest BCUT2D eigenvalue weighted by Gasteiger charge is -2.14. The number of rotatable bonds is 5. The van der Waals surface area contributed by atoms with Gasteiger partial charge in [0.25, 0.3) is 0 Å². The van der Waals surface area contributed by atoms with Crippen LogP contribution in [0.2, 0.25) is 0 Å². The molecule has 0 aliphatic heterocycles. The highest BCUT2D eigenvalue weighted by atomic mass is 19.1. The summed E-state index contributed by atoms with van der Waals surface area (Å²) in [6, 6.07) is 5.59. The van der Waals surface area contributed by atoms with Crippen molar-refractivity contribution < 1.29 is 14.0 Å². The van der Waals surface area contributed by atoms with Gasteiger partial charge in [-0.15, -0.1) is 0 Å². The van der Waals surface area contributed by atoms with Crippen molar-refractivity contribution in [3.05, 3.63) is 35.6 Å². The molecule has 0 radical (unpaired) electrons. The fourth-order valence-corrected chi connectivity index (χ4v) is 1.38. The first-order chi connectivity index (χ1) is 8.52. The van der Waals surface area contributed by atoms with Crippen LogP contribution in [0.5, 0.6) is 0 Å². The Balaban J connectivity index is 2.44. The summed E-state index contributed by atoms with van der Waals surface area (Å²) >= 11 is 0. The second-order valence-corrected chi connectivity index (χ2v) is 3.82. The van der Waals surface area contributed by atoms with E-state index >= 15 is 0 Å². The van der Waals surface area contributed by atoms with Crippen LogP contribution in [-0.4, -0.2) is 24.9 Å². The molecule has 0 aromatic heterocycles. The van der Waals surface area contributed by atoms with E-state index < -0.39 is 0 Å². The average molecular weight is 253 g/mol. The number of hydrogen-bond donors (Lipinski definition) is 3. The van der Waals surface area contributed by atoms with Crippen LogP contribution in [0.3, 0.4) is 0 Å². The van der Waals surface area contributed by atoms with Crippen molar-refractivity contribution in [3.63, 3.8) is 0 Å². The van der Waals surface area contributed by atoms with Crippen molar-refractivity contribution >= 4 is 11.8 Å². The summed E-state index contributed by atoms with van der Waals surface area (Å²) in [5.74, 6) is -1.04. The largest absolute Gasteiger partial charge is 0.348 e. The number of carbonyl (C=O) groups is 2. The van der Waals surface area contributed by atoms with Gasteiger partial charge in [-0.25, -0.2) is 4.39 Å². The van der Waals surface area contributed by atoms with Crippen LogP contribution < -0.4 is 16.4 Å². The Kier molecular flexibility index (Phi) is 5.26. The minimum absolute atomic E-state index is 0.123. The van der Waals surface area contributed by atoms with Gasteiger partial charge in [-0.1, -0.05) is 12.1 Å². The van der Waals surface area contributed by atoms with E-state index in [0.717, 1.165) is 5.56 Å². The molecular weight excluding hydrogens is 237 g/mol. The van der Waals surface area contributed by atoms with Gasteiger partial charge in [0.2, 0.25) is 11.8 Å². The molecule has 1 aromatic carbocycles. The molecule has 1 rings (SSSR count). The first-order valence-electron chi connectivity index (χ1n) is 5.54. The second-order valence-electron chi connectivity index (χ2n) is 3.82. The van der Waals surface area contributed by atoms with E-state index in [9.17, 15) is 14.0 Å². The fraction of sp³-hybridized carbons (Fsp3) is 0.333. The number of amides is 2. The van der Waals surface area contributed by atoms with Crippen molar-refractivity contribution in [1.82, 2.24) is 10.6 Å². The lowest BCUT2D eigenvalue weighted by Crippen LogP contribution is -2.40. The summed E-state index contributed by atoms with van der Waals surface area (Å²) < 4.78 is 12.7. The van der Waals surface area contributed by atoms with Crippen molar-refractivity contribution in [2.24, 2.45) is 5.73 Å². The first kappa shape index (κ1) is 14.1. The lowest BCUT2D eigenvalue weighted by molar-refractivity contribution is -0.125. The van der Waals surface area contributed by atoms with E-state index in [1.54, 1.807) is 19.1 Å². The molecule has 1 unspecified atom stereocenters. The quantitative estimate of drug-likeness (QED) is 0.694. The highest BCUT2D eigenvalue weighted by Crippen LogP contribution is 2.12. The SMILES string of the molecule is CC(NC(=O)CNC(=O)CN)c1ccc(F)cc1. The van der Waals surface area contributed by atoms with Gasteiger partial charge >= 0.3 is 0 Å². The Morgan fingerprint density at radius 2 is 1.89 bits per heavy atom. The Labute approximate surface area is 105 Å². The maximum atomic E-state index is 12.7. The zero-order valence-corrected chi connectivity index (χ0v) is 10.1. The molecule has 0 aliphatic rings. The Morgan fingerprint density at radius 3 is 2.44 bits per heavy atom. The lowest BCUT2D eigenvalue weighted by atomic mass is 10.1. The number of hydrogen-bond acceptors (Lipinski definition) is 3. The standard InChI is InChI=1S/C12H16FN3O2/c1-8(9-2-4-10(13)5-3-9)16-12(18)7-15-11(17)6-14/h2-5,8H,6-7,14H2,1H3,(H,15,17)(H,16,18). The van der Waals surface area contributed by atoms with E-state index in [0.29, 0.717) is 0 Å². The molecule has 6 heteroatoms. The second kappa shape index (κ2) is 6.70. The van der Waals surface area contributed by atoms with Crippen molar-refractivity contribution in [3.8, 4) is 0 Å². The summed E-state index contributed by atoms with van der Waals surface area (Å²) in [6.07, 6.45) is 0. The molecule has 0 fully saturated rings. The summed E-state index contributed by atoms with van der Waals surface area (Å²) in [6.45, 7) is 1.50. The maximum Gasteiger partial charge on any atom is 0.239 e. The molecule has 5 nitrogen and oxygen atoms in total. The molecular formula is C12H16FN3O2. The van der Waals surface area contributed by atoms with Crippen molar-refractivity contribution in [1.29, 1.82) is 0 Å². The summed E-state index contributed by atoms with van der Waals surface area (Å²) in [7, 11) is 0. The van der Waals surface area contributed by atoms with Gasteiger partial charge in [-0.3, -0.25) is 9.59 Å². The predicted molar refractivity (Wildman–Crippen MR) is 65.0 cm³/mol. The molecule has 0 saturated carbocycles. The highest BCUT2D eigenvalue weighted by molar-refractivity contribution is 5.85. The molecule has 0 heterocycles. The van der Waals surface area contributed by atoms with E-state index in [2.05, 4.69) is 10.6 Å². The molecule has 1 aromatic rings. The summed E-state index contributed by atoms with van der Waals surface area (Å²) in [5, 5.41) is 5.04. The maximum absolute atomic E-state index is 12.7. The minimum Gasteiger partial charge on any atom is -0.348 e. The third-order valence-corrected chi connectivity index (χ3v) is 2.38. The highest BCUT2D eigenvalue weighted by Gasteiger charge is 2.10. The number of carbonyl (C=O) groups excluding carboxylic acids is 2. The zero-order valence-electron chi connectivity index (χ0n) is 10.1. The van der Waals surface area contributed by atoms with Crippen LogP contribution in [0.15, 0.2) is 24.3 Å². The van der Waals surface area contributed by atoms with E-state index in [1.165, 1.54) is 12.1 Å². The van der Waals surface area contributed by atoms with Crippen LogP contribution in [0.1, 0.15) is 18.5 Å². The fourth-order valence-electron chi connectivity index (χ4n) is 1.38. The molecule has 0 bridgehead atoms. The summed E-state index contributed by atoms with van der Waals surface area (Å²) in [5.41, 5.74) is 5.87. The number of benzene rings is 1. The normalized spacial score (nSPS) is 11.7. The molecule has 18 heavy (non-hydrogen) atoms. The van der Waals surface area contributed by atoms with E-state index in [4.69, 9.17) is 5.73 Å². The van der Waals surface area contributed by atoms with E-state index in [-0.39, 0.29) is 36.8 Å². The molecule has 98 valence electrons. The van der Waals surface area contributed by atoms with Gasteiger partial charge < -0.3 is 16.4 Å². The van der Waals surface area contributed by atoms with Crippen LogP contribution in [-0.2, 0) is 9.59 Å². The molecule has 2 amide bonds. The van der Waals surface area contributed by atoms with Gasteiger partial charge in [0.05, 0.1) is 19.1 Å². The van der Waals surface area contributed by atoms with Crippen LogP contribution in [0.4, 0.5) is 4.39 Å². The third kappa shape index (κ3) is 4.50. The van der Waals surface area contributed by atoms with Gasteiger partial charge in [0, 0.05) is 0 Å². The van der Waals surface area contributed by atoms with Gasteiger partial charge in [0.15, 0.2) is 0 Å². The smallest absolute Gasteiger partial charge is 0.239 e. The zero-order chi connectivity index (χ0) is 13.5. The van der Waals surface area contributed by atoms with Crippen LogP contribution in [0, 0.1) is 5.82 Å². The minimum atomic E-state index is -0.389. The average Bonchev–Trinajstić information content (AvgIpc) is 2.36. The topological polar surface area (TPSA) is 84.2 Å². The summed E-state index contributed by atoms with van der Waals surface area (Å²) in [4.78, 5) is 22.3. The van der Waals surface area contributed by atoms with Crippen molar-refractivity contribution in [2.45, 2.75) is 13.0 Å². The van der Waals surface area contributed by atoms with Gasteiger partial charge in [-0.2, -0.15) is 0 Å². The molecule has 0 spiro atoms. The van der Waals surface area contributed by atoms with Crippen LogP contribution in [0.25, 0.3) is 0 Å². The van der Waals surface area contributed by atoms with E-state index in [1.807, 2.05) is 0 Å². The molecule has 0 aliphatic carbocycles. The van der Waals surface area contributed by atoms with Gasteiger partial charge in [0.1, 0.15) is 5.82 Å². The third-order valence-electron chi connectivity index (χ3n) is 2.38. The number of nitrogens with one attached hydrogen (secondary N) is 2. The first-order valence-corrected chi connectivity index (χ1v) is 5.54. The Morgan fingerprint density at radius 1 is 1.28 bits per heavy atom. The Hall–Kier alpha value is -1.95. The number of nitrogens with two attached hydrogens (primary N) is 1. The number of halogens is 1. The predicted octanol–water partition coefficient (Wildman–Crippen LogP) is 0.0778.